The van der Waals surface area contributed by atoms with E-state index in [0.717, 1.165) is 10.6 Å². The SMILES string of the molecule is COC(=O)CCc1ccc(/C=C/C(=O)Nc2ccc(SC)cc2)o1. The first kappa shape index (κ1) is 17.9. The van der Waals surface area contributed by atoms with E-state index < -0.39 is 0 Å². The van der Waals surface area contributed by atoms with E-state index in [9.17, 15) is 9.59 Å². The van der Waals surface area contributed by atoms with E-state index in [0.29, 0.717) is 17.9 Å². The minimum Gasteiger partial charge on any atom is -0.469 e. The van der Waals surface area contributed by atoms with Crippen molar-refractivity contribution in [2.75, 3.05) is 18.7 Å². The molecule has 0 saturated carbocycles. The van der Waals surface area contributed by atoms with Gasteiger partial charge in [0.2, 0.25) is 5.91 Å². The predicted octanol–water partition coefficient (Wildman–Crippen LogP) is 3.76. The van der Waals surface area contributed by atoms with Crippen LogP contribution in [0.3, 0.4) is 0 Å². The summed E-state index contributed by atoms with van der Waals surface area (Å²) in [6.45, 7) is 0. The van der Waals surface area contributed by atoms with Crippen LogP contribution in [0.5, 0.6) is 0 Å². The normalized spacial score (nSPS) is 10.8. The quantitative estimate of drug-likeness (QED) is 0.470. The molecule has 24 heavy (non-hydrogen) atoms. The molecule has 0 atom stereocenters. The van der Waals surface area contributed by atoms with E-state index in [2.05, 4.69) is 10.1 Å². The Kier molecular flexibility index (Phi) is 6.69. The number of carbonyl (C=O) groups excluding carboxylic acids is 2. The first-order chi connectivity index (χ1) is 11.6. The fourth-order valence-electron chi connectivity index (χ4n) is 1.96. The van der Waals surface area contributed by atoms with Crippen molar-refractivity contribution in [3.05, 3.63) is 54.0 Å². The molecule has 126 valence electrons. The number of ether oxygens (including phenoxy) is 1. The molecule has 0 fully saturated rings. The van der Waals surface area contributed by atoms with Crippen molar-refractivity contribution in [3.63, 3.8) is 0 Å². The largest absolute Gasteiger partial charge is 0.469 e. The summed E-state index contributed by atoms with van der Waals surface area (Å²) < 4.78 is 10.1. The topological polar surface area (TPSA) is 68.5 Å². The van der Waals surface area contributed by atoms with Crippen molar-refractivity contribution in [2.24, 2.45) is 0 Å². The van der Waals surface area contributed by atoms with E-state index in [1.54, 1.807) is 30.0 Å². The van der Waals surface area contributed by atoms with Gasteiger partial charge in [-0.25, -0.2) is 0 Å². The van der Waals surface area contributed by atoms with Gasteiger partial charge in [0, 0.05) is 23.1 Å². The van der Waals surface area contributed by atoms with Gasteiger partial charge in [0.05, 0.1) is 13.5 Å². The van der Waals surface area contributed by atoms with Gasteiger partial charge in [0.1, 0.15) is 11.5 Å². The number of rotatable bonds is 7. The number of furan rings is 1. The second kappa shape index (κ2) is 8.98. The van der Waals surface area contributed by atoms with Gasteiger partial charge in [-0.05, 0) is 48.7 Å². The van der Waals surface area contributed by atoms with Gasteiger partial charge >= 0.3 is 5.97 Å². The van der Waals surface area contributed by atoms with Crippen LogP contribution in [0, 0.1) is 0 Å². The summed E-state index contributed by atoms with van der Waals surface area (Å²) in [7, 11) is 1.35. The molecule has 1 heterocycles. The van der Waals surface area contributed by atoms with Gasteiger partial charge in [-0.15, -0.1) is 11.8 Å². The highest BCUT2D eigenvalue weighted by Gasteiger charge is 2.05. The Hall–Kier alpha value is -2.47. The lowest BCUT2D eigenvalue weighted by molar-refractivity contribution is -0.140. The second-order valence-corrected chi connectivity index (χ2v) is 5.81. The summed E-state index contributed by atoms with van der Waals surface area (Å²) in [4.78, 5) is 24.1. The van der Waals surface area contributed by atoms with Crippen molar-refractivity contribution in [1.82, 2.24) is 0 Å². The molecule has 0 aliphatic carbocycles. The summed E-state index contributed by atoms with van der Waals surface area (Å²) in [6.07, 6.45) is 5.73. The molecule has 0 saturated heterocycles. The summed E-state index contributed by atoms with van der Waals surface area (Å²) >= 11 is 1.65. The van der Waals surface area contributed by atoms with Crippen molar-refractivity contribution < 1.29 is 18.7 Å². The molecule has 0 radical (unpaired) electrons. The number of amides is 1. The van der Waals surface area contributed by atoms with Crippen LogP contribution in [0.4, 0.5) is 5.69 Å². The van der Waals surface area contributed by atoms with Gasteiger partial charge < -0.3 is 14.5 Å². The number of benzene rings is 1. The van der Waals surface area contributed by atoms with Crippen molar-refractivity contribution in [1.29, 1.82) is 0 Å². The first-order valence-electron chi connectivity index (χ1n) is 7.39. The van der Waals surface area contributed by atoms with Gasteiger partial charge in [0.15, 0.2) is 0 Å². The van der Waals surface area contributed by atoms with Gasteiger partial charge in [-0.2, -0.15) is 0 Å². The standard InChI is InChI=1S/C18H19NO4S/c1-22-18(21)12-8-15-6-5-14(23-15)7-11-17(20)19-13-3-9-16(24-2)10-4-13/h3-7,9-11H,8,12H2,1-2H3,(H,19,20)/b11-7+. The van der Waals surface area contributed by atoms with Crippen molar-refractivity contribution >= 4 is 35.4 Å². The highest BCUT2D eigenvalue weighted by molar-refractivity contribution is 7.98. The van der Waals surface area contributed by atoms with E-state index in [1.165, 1.54) is 13.2 Å². The first-order valence-corrected chi connectivity index (χ1v) is 8.62. The van der Waals surface area contributed by atoms with Gasteiger partial charge in [-0.3, -0.25) is 9.59 Å². The Balaban J connectivity index is 1.86. The maximum Gasteiger partial charge on any atom is 0.305 e. The van der Waals surface area contributed by atoms with Crippen LogP contribution in [0.25, 0.3) is 6.08 Å². The summed E-state index contributed by atoms with van der Waals surface area (Å²) in [6, 6.07) is 11.1. The average Bonchev–Trinajstić information content (AvgIpc) is 3.06. The highest BCUT2D eigenvalue weighted by atomic mass is 32.2. The zero-order chi connectivity index (χ0) is 17.4. The molecule has 0 spiro atoms. The Morgan fingerprint density at radius 2 is 1.96 bits per heavy atom. The van der Waals surface area contributed by atoms with Crippen molar-refractivity contribution in [3.8, 4) is 0 Å². The monoisotopic (exact) mass is 345 g/mol. The minimum atomic E-state index is -0.282. The number of carbonyl (C=O) groups is 2. The molecule has 0 aliphatic heterocycles. The maximum atomic E-state index is 11.9. The molecule has 1 aromatic carbocycles. The van der Waals surface area contributed by atoms with Crippen LogP contribution in [0.15, 0.2) is 51.8 Å². The molecule has 1 aromatic heterocycles. The number of esters is 1. The van der Waals surface area contributed by atoms with E-state index in [-0.39, 0.29) is 18.3 Å². The fraction of sp³-hybridized carbons (Fsp3) is 0.222. The third kappa shape index (κ3) is 5.62. The molecule has 5 nitrogen and oxygen atoms in total. The zero-order valence-electron chi connectivity index (χ0n) is 13.6. The summed E-state index contributed by atoms with van der Waals surface area (Å²) in [5, 5.41) is 2.78. The lowest BCUT2D eigenvalue weighted by Gasteiger charge is -2.02. The number of hydrogen-bond donors (Lipinski definition) is 1. The Morgan fingerprint density at radius 3 is 2.62 bits per heavy atom. The number of hydrogen-bond acceptors (Lipinski definition) is 5. The molecule has 0 bridgehead atoms. The molecular weight excluding hydrogens is 326 g/mol. The smallest absolute Gasteiger partial charge is 0.305 e. The number of thioether (sulfide) groups is 1. The minimum absolute atomic E-state index is 0.237. The van der Waals surface area contributed by atoms with Gasteiger partial charge in [-0.1, -0.05) is 0 Å². The Bertz CT molecular complexity index is 719. The lowest BCUT2D eigenvalue weighted by atomic mass is 10.2. The molecular formula is C18H19NO4S. The van der Waals surface area contributed by atoms with Crippen LogP contribution in [0.2, 0.25) is 0 Å². The van der Waals surface area contributed by atoms with Crippen LogP contribution < -0.4 is 5.32 Å². The molecule has 1 N–H and O–H groups in total. The molecule has 2 rings (SSSR count). The highest BCUT2D eigenvalue weighted by Crippen LogP contribution is 2.17. The van der Waals surface area contributed by atoms with Gasteiger partial charge in [0.25, 0.3) is 0 Å². The second-order valence-electron chi connectivity index (χ2n) is 4.93. The van der Waals surface area contributed by atoms with E-state index in [1.807, 2.05) is 30.5 Å². The predicted molar refractivity (Wildman–Crippen MR) is 94.9 cm³/mol. The number of methoxy groups -OCH3 is 1. The third-order valence-corrected chi connectivity index (χ3v) is 3.99. The number of aryl methyl sites for hydroxylation is 1. The van der Waals surface area contributed by atoms with Crippen LogP contribution in [0.1, 0.15) is 17.9 Å². The third-order valence-electron chi connectivity index (χ3n) is 3.24. The molecule has 2 aromatic rings. The van der Waals surface area contributed by atoms with Crippen LogP contribution >= 0.6 is 11.8 Å². The molecule has 6 heteroatoms. The maximum absolute atomic E-state index is 11.9. The van der Waals surface area contributed by atoms with E-state index >= 15 is 0 Å². The van der Waals surface area contributed by atoms with Crippen LogP contribution in [-0.2, 0) is 20.7 Å². The Labute approximate surface area is 145 Å². The van der Waals surface area contributed by atoms with Crippen LogP contribution in [-0.4, -0.2) is 25.2 Å². The average molecular weight is 345 g/mol. The molecule has 0 unspecified atom stereocenters. The zero-order valence-corrected chi connectivity index (χ0v) is 14.4. The number of anilines is 1. The number of nitrogens with one attached hydrogen (secondary N) is 1. The molecule has 1 amide bonds. The summed E-state index contributed by atoms with van der Waals surface area (Å²) in [5.74, 6) is 0.714. The summed E-state index contributed by atoms with van der Waals surface area (Å²) in [5.41, 5.74) is 0.737. The molecule has 0 aliphatic rings. The lowest BCUT2D eigenvalue weighted by Crippen LogP contribution is -2.07. The Morgan fingerprint density at radius 1 is 1.21 bits per heavy atom. The fourth-order valence-corrected chi connectivity index (χ4v) is 2.37. The van der Waals surface area contributed by atoms with E-state index in [4.69, 9.17) is 4.42 Å². The van der Waals surface area contributed by atoms with Crippen molar-refractivity contribution in [2.45, 2.75) is 17.7 Å².